The zero-order chi connectivity index (χ0) is 10.8. The molecule has 0 aromatic heterocycles. The first-order valence-electron chi connectivity index (χ1n) is 3.78. The highest BCUT2D eigenvalue weighted by atomic mass is 79.9. The quantitative estimate of drug-likeness (QED) is 0.909. The number of sulfonamides is 1. The zero-order valence-electron chi connectivity index (χ0n) is 7.74. The Hall–Kier alpha value is -0.590. The van der Waals surface area contributed by atoms with Gasteiger partial charge in [0.05, 0.1) is 12.0 Å². The highest BCUT2D eigenvalue weighted by molar-refractivity contribution is 9.10. The van der Waals surface area contributed by atoms with Crippen LogP contribution in [0.15, 0.2) is 27.6 Å². The van der Waals surface area contributed by atoms with Gasteiger partial charge in [-0.15, -0.1) is 0 Å². The van der Waals surface area contributed by atoms with Crippen LogP contribution in [0.2, 0.25) is 0 Å². The van der Waals surface area contributed by atoms with Gasteiger partial charge < -0.3 is 4.74 Å². The van der Waals surface area contributed by atoms with Gasteiger partial charge in [0.2, 0.25) is 10.0 Å². The maximum atomic E-state index is 11.5. The normalized spacial score (nSPS) is 11.4. The second kappa shape index (κ2) is 4.29. The molecule has 1 aromatic carbocycles. The number of ether oxygens (including phenoxy) is 1. The smallest absolute Gasteiger partial charge is 0.241 e. The third-order valence-electron chi connectivity index (χ3n) is 1.70. The number of hydrogen-bond donors (Lipinski definition) is 1. The van der Waals surface area contributed by atoms with Crippen molar-refractivity contribution in [3.05, 3.63) is 22.7 Å². The van der Waals surface area contributed by atoms with Gasteiger partial charge in [0.15, 0.2) is 0 Å². The van der Waals surface area contributed by atoms with E-state index in [0.717, 1.165) is 0 Å². The average Bonchev–Trinajstić information content (AvgIpc) is 2.18. The molecule has 1 rings (SSSR count). The first kappa shape index (κ1) is 11.5. The molecule has 78 valence electrons. The summed E-state index contributed by atoms with van der Waals surface area (Å²) in [6.45, 7) is 0. The van der Waals surface area contributed by atoms with Gasteiger partial charge in [-0.3, -0.25) is 0 Å². The summed E-state index contributed by atoms with van der Waals surface area (Å²) in [4.78, 5) is 0.166. The molecule has 0 aliphatic heterocycles. The Bertz CT molecular complexity index is 430. The van der Waals surface area contributed by atoms with Gasteiger partial charge in [-0.1, -0.05) is 0 Å². The predicted molar refractivity (Wildman–Crippen MR) is 56.9 cm³/mol. The van der Waals surface area contributed by atoms with Crippen molar-refractivity contribution in [3.8, 4) is 5.75 Å². The lowest BCUT2D eigenvalue weighted by Crippen LogP contribution is -2.19. The van der Waals surface area contributed by atoms with Gasteiger partial charge >= 0.3 is 0 Å². The number of nitrogens with one attached hydrogen (secondary N) is 1. The molecular formula is C8H10BrNO3S. The van der Waals surface area contributed by atoms with Crippen molar-refractivity contribution in [2.45, 2.75) is 4.90 Å². The standard InChI is InChI=1S/C8H10BrNO3S/c1-10-14(11,12)8-5-6(13-2)3-4-7(8)9/h3-5,10H,1-2H3. The Labute approximate surface area is 91.5 Å². The third kappa shape index (κ3) is 2.26. The van der Waals surface area contributed by atoms with E-state index < -0.39 is 10.0 Å². The van der Waals surface area contributed by atoms with Crippen LogP contribution in [-0.4, -0.2) is 22.6 Å². The van der Waals surface area contributed by atoms with E-state index in [9.17, 15) is 8.42 Å². The highest BCUT2D eigenvalue weighted by Crippen LogP contribution is 2.25. The second-order valence-corrected chi connectivity index (χ2v) is 5.21. The SMILES string of the molecule is CNS(=O)(=O)c1cc(OC)ccc1Br. The summed E-state index contributed by atoms with van der Waals surface area (Å²) in [7, 11) is -0.591. The van der Waals surface area contributed by atoms with Gasteiger partial charge in [-0.2, -0.15) is 0 Å². The van der Waals surface area contributed by atoms with Crippen molar-refractivity contribution in [1.29, 1.82) is 0 Å². The van der Waals surface area contributed by atoms with Crippen LogP contribution in [0.4, 0.5) is 0 Å². The minimum atomic E-state index is -3.44. The van der Waals surface area contributed by atoms with Crippen LogP contribution in [0.25, 0.3) is 0 Å². The lowest BCUT2D eigenvalue weighted by Gasteiger charge is -2.07. The summed E-state index contributed by atoms with van der Waals surface area (Å²) in [5.74, 6) is 0.502. The van der Waals surface area contributed by atoms with Crippen LogP contribution in [0, 0.1) is 0 Å². The predicted octanol–water partition coefficient (Wildman–Crippen LogP) is 1.37. The highest BCUT2D eigenvalue weighted by Gasteiger charge is 2.15. The molecule has 0 unspecified atom stereocenters. The fourth-order valence-corrected chi connectivity index (χ4v) is 2.63. The van der Waals surface area contributed by atoms with E-state index in [0.29, 0.717) is 10.2 Å². The molecule has 0 saturated heterocycles. The van der Waals surface area contributed by atoms with Crippen LogP contribution in [0.3, 0.4) is 0 Å². The molecule has 0 fully saturated rings. The Morgan fingerprint density at radius 2 is 2.07 bits per heavy atom. The molecule has 4 nitrogen and oxygen atoms in total. The van der Waals surface area contributed by atoms with E-state index in [1.165, 1.54) is 20.2 Å². The molecule has 0 spiro atoms. The minimum absolute atomic E-state index is 0.166. The molecule has 1 N–H and O–H groups in total. The zero-order valence-corrected chi connectivity index (χ0v) is 10.1. The molecular weight excluding hydrogens is 270 g/mol. The van der Waals surface area contributed by atoms with Gasteiger partial charge in [-0.05, 0) is 35.1 Å². The maximum absolute atomic E-state index is 11.5. The lowest BCUT2D eigenvalue weighted by molar-refractivity contribution is 0.413. The number of hydrogen-bond acceptors (Lipinski definition) is 3. The summed E-state index contributed by atoms with van der Waals surface area (Å²) in [5.41, 5.74) is 0. The van der Waals surface area contributed by atoms with Crippen molar-refractivity contribution in [2.24, 2.45) is 0 Å². The summed E-state index contributed by atoms with van der Waals surface area (Å²) >= 11 is 3.16. The minimum Gasteiger partial charge on any atom is -0.497 e. The lowest BCUT2D eigenvalue weighted by atomic mass is 10.3. The van der Waals surface area contributed by atoms with Crippen molar-refractivity contribution >= 4 is 26.0 Å². The first-order chi connectivity index (χ1) is 6.51. The molecule has 0 radical (unpaired) electrons. The van der Waals surface area contributed by atoms with E-state index in [4.69, 9.17) is 4.74 Å². The van der Waals surface area contributed by atoms with Crippen molar-refractivity contribution in [1.82, 2.24) is 4.72 Å². The summed E-state index contributed by atoms with van der Waals surface area (Å²) in [6.07, 6.45) is 0. The van der Waals surface area contributed by atoms with Crippen molar-refractivity contribution in [3.63, 3.8) is 0 Å². The van der Waals surface area contributed by atoms with Crippen LogP contribution in [0.5, 0.6) is 5.75 Å². The van der Waals surface area contributed by atoms with E-state index in [2.05, 4.69) is 20.7 Å². The Morgan fingerprint density at radius 1 is 1.43 bits per heavy atom. The van der Waals surface area contributed by atoms with Crippen molar-refractivity contribution in [2.75, 3.05) is 14.2 Å². The Kier molecular flexibility index (Phi) is 3.52. The molecule has 0 amide bonds. The molecule has 0 aliphatic carbocycles. The third-order valence-corrected chi connectivity index (χ3v) is 4.10. The second-order valence-electron chi connectivity index (χ2n) is 2.50. The topological polar surface area (TPSA) is 55.4 Å². The number of rotatable bonds is 3. The van der Waals surface area contributed by atoms with Crippen molar-refractivity contribution < 1.29 is 13.2 Å². The van der Waals surface area contributed by atoms with Gasteiger partial charge in [0.1, 0.15) is 5.75 Å². The molecule has 1 aromatic rings. The van der Waals surface area contributed by atoms with Crippen LogP contribution in [-0.2, 0) is 10.0 Å². The van der Waals surface area contributed by atoms with E-state index >= 15 is 0 Å². The summed E-state index contributed by atoms with van der Waals surface area (Å²) < 4.78 is 30.7. The first-order valence-corrected chi connectivity index (χ1v) is 6.06. The van der Waals surface area contributed by atoms with Gasteiger partial charge in [-0.25, -0.2) is 13.1 Å². The summed E-state index contributed by atoms with van der Waals surface area (Å²) in [5, 5.41) is 0. The van der Waals surface area contributed by atoms with Gasteiger partial charge in [0, 0.05) is 10.5 Å². The molecule has 0 saturated carbocycles. The Morgan fingerprint density at radius 3 is 2.57 bits per heavy atom. The molecule has 0 atom stereocenters. The van der Waals surface area contributed by atoms with E-state index in [-0.39, 0.29) is 4.90 Å². The van der Waals surface area contributed by atoms with Gasteiger partial charge in [0.25, 0.3) is 0 Å². The number of benzene rings is 1. The van der Waals surface area contributed by atoms with E-state index in [1.54, 1.807) is 12.1 Å². The largest absolute Gasteiger partial charge is 0.497 e. The molecule has 14 heavy (non-hydrogen) atoms. The molecule has 0 aliphatic rings. The van der Waals surface area contributed by atoms with E-state index in [1.807, 2.05) is 0 Å². The Balaban J connectivity index is 3.33. The molecule has 6 heteroatoms. The monoisotopic (exact) mass is 279 g/mol. The number of halogens is 1. The number of methoxy groups -OCH3 is 1. The summed E-state index contributed by atoms with van der Waals surface area (Å²) in [6, 6.07) is 4.76. The fourth-order valence-electron chi connectivity index (χ4n) is 0.927. The molecule has 0 bridgehead atoms. The van der Waals surface area contributed by atoms with Crippen LogP contribution < -0.4 is 9.46 Å². The van der Waals surface area contributed by atoms with Crippen LogP contribution in [0.1, 0.15) is 0 Å². The maximum Gasteiger partial charge on any atom is 0.241 e. The average molecular weight is 280 g/mol. The molecule has 0 heterocycles. The van der Waals surface area contributed by atoms with Crippen LogP contribution >= 0.6 is 15.9 Å². The fraction of sp³-hybridized carbons (Fsp3) is 0.250.